The summed E-state index contributed by atoms with van der Waals surface area (Å²) in [6.45, 7) is 2.96. The average molecular weight is 444 g/mol. The Morgan fingerprint density at radius 2 is 1.71 bits per heavy atom. The van der Waals surface area contributed by atoms with E-state index < -0.39 is 15.8 Å². The van der Waals surface area contributed by atoms with E-state index in [1.54, 1.807) is 6.20 Å². The minimum Gasteiger partial charge on any atom is -0.495 e. The van der Waals surface area contributed by atoms with Gasteiger partial charge in [-0.05, 0) is 30.3 Å². The van der Waals surface area contributed by atoms with Gasteiger partial charge in [-0.3, -0.25) is 4.72 Å². The molecular weight excluding hydrogens is 423 g/mol. The first kappa shape index (κ1) is 20.8. The SMILES string of the molecule is COc1ccc(F)cc1S(=O)(=O)Nc1cnc(N2CCN(c3ccccn3)CC2)nc1. The van der Waals surface area contributed by atoms with E-state index in [2.05, 4.69) is 24.6 Å². The van der Waals surface area contributed by atoms with Crippen LogP contribution in [0.25, 0.3) is 0 Å². The van der Waals surface area contributed by atoms with Gasteiger partial charge in [-0.15, -0.1) is 0 Å². The zero-order chi connectivity index (χ0) is 21.8. The lowest BCUT2D eigenvalue weighted by Gasteiger charge is -2.35. The van der Waals surface area contributed by atoms with Crippen molar-refractivity contribution in [3.8, 4) is 5.75 Å². The van der Waals surface area contributed by atoms with Crippen LogP contribution in [-0.2, 0) is 10.0 Å². The number of nitrogens with zero attached hydrogens (tertiary/aromatic N) is 5. The van der Waals surface area contributed by atoms with Crippen molar-refractivity contribution in [2.24, 2.45) is 0 Å². The smallest absolute Gasteiger partial charge is 0.265 e. The van der Waals surface area contributed by atoms with Gasteiger partial charge in [0.1, 0.15) is 22.3 Å². The molecule has 3 heterocycles. The van der Waals surface area contributed by atoms with E-state index >= 15 is 0 Å². The molecule has 9 nitrogen and oxygen atoms in total. The van der Waals surface area contributed by atoms with Gasteiger partial charge in [-0.1, -0.05) is 6.07 Å². The molecule has 31 heavy (non-hydrogen) atoms. The van der Waals surface area contributed by atoms with Crippen LogP contribution in [0.15, 0.2) is 59.9 Å². The van der Waals surface area contributed by atoms with E-state index in [4.69, 9.17) is 4.74 Å². The van der Waals surface area contributed by atoms with Gasteiger partial charge in [-0.25, -0.2) is 27.8 Å². The highest BCUT2D eigenvalue weighted by molar-refractivity contribution is 7.92. The number of ether oxygens (including phenoxy) is 1. The third-order valence-corrected chi connectivity index (χ3v) is 6.24. The van der Waals surface area contributed by atoms with Crippen LogP contribution in [0, 0.1) is 5.82 Å². The first-order valence-corrected chi connectivity index (χ1v) is 11.0. The molecule has 3 aromatic rings. The fourth-order valence-electron chi connectivity index (χ4n) is 3.28. The zero-order valence-corrected chi connectivity index (χ0v) is 17.6. The summed E-state index contributed by atoms with van der Waals surface area (Å²) < 4.78 is 46.3. The van der Waals surface area contributed by atoms with Crippen molar-refractivity contribution in [1.82, 2.24) is 15.0 Å². The van der Waals surface area contributed by atoms with Crippen LogP contribution in [0.5, 0.6) is 5.75 Å². The number of hydrogen-bond acceptors (Lipinski definition) is 8. The van der Waals surface area contributed by atoms with Gasteiger partial charge in [0, 0.05) is 32.4 Å². The van der Waals surface area contributed by atoms with E-state index in [1.165, 1.54) is 25.6 Å². The van der Waals surface area contributed by atoms with Gasteiger partial charge in [0.25, 0.3) is 10.0 Å². The Hall–Kier alpha value is -3.47. The predicted octanol–water partition coefficient (Wildman–Crippen LogP) is 2.15. The number of hydrogen-bond donors (Lipinski definition) is 1. The predicted molar refractivity (Wildman–Crippen MR) is 114 cm³/mol. The molecule has 0 saturated carbocycles. The second-order valence-corrected chi connectivity index (χ2v) is 8.49. The van der Waals surface area contributed by atoms with E-state index in [1.807, 2.05) is 23.1 Å². The molecule has 1 fully saturated rings. The summed E-state index contributed by atoms with van der Waals surface area (Å²) in [5.74, 6) is 0.794. The molecular formula is C20H21FN6O3S. The summed E-state index contributed by atoms with van der Waals surface area (Å²) in [6.07, 6.45) is 4.54. The van der Waals surface area contributed by atoms with E-state index in [0.29, 0.717) is 19.0 Å². The lowest BCUT2D eigenvalue weighted by Crippen LogP contribution is -2.47. The summed E-state index contributed by atoms with van der Waals surface area (Å²) in [5.41, 5.74) is 0.169. The maximum Gasteiger partial charge on any atom is 0.265 e. The maximum atomic E-state index is 13.6. The number of anilines is 3. The summed E-state index contributed by atoms with van der Waals surface area (Å²) in [6, 6.07) is 9.10. The van der Waals surface area contributed by atoms with Crippen LogP contribution in [0.3, 0.4) is 0 Å². The van der Waals surface area contributed by atoms with Crippen molar-refractivity contribution in [3.05, 3.63) is 60.8 Å². The Bertz CT molecular complexity index is 1140. The Balaban J connectivity index is 1.43. The molecule has 1 N–H and O–H groups in total. The summed E-state index contributed by atoms with van der Waals surface area (Å²) in [5, 5.41) is 0. The Labute approximate surface area is 179 Å². The molecule has 0 amide bonds. The minimum absolute atomic E-state index is 0.0391. The van der Waals surface area contributed by atoms with Crippen molar-refractivity contribution in [2.75, 3.05) is 47.8 Å². The normalized spacial score (nSPS) is 14.4. The molecule has 0 bridgehead atoms. The molecule has 0 spiro atoms. The van der Waals surface area contributed by atoms with Crippen molar-refractivity contribution >= 4 is 27.5 Å². The quantitative estimate of drug-likeness (QED) is 0.617. The largest absolute Gasteiger partial charge is 0.495 e. The molecule has 2 aromatic heterocycles. The van der Waals surface area contributed by atoms with E-state index in [9.17, 15) is 12.8 Å². The summed E-state index contributed by atoms with van der Waals surface area (Å²) in [4.78, 5) is 16.8. The number of piperazine rings is 1. The molecule has 0 radical (unpaired) electrons. The van der Waals surface area contributed by atoms with E-state index in [-0.39, 0.29) is 16.3 Å². The summed E-state index contributed by atoms with van der Waals surface area (Å²) in [7, 11) is -2.76. The minimum atomic E-state index is -4.08. The van der Waals surface area contributed by atoms with Crippen LogP contribution in [0.4, 0.5) is 21.8 Å². The average Bonchev–Trinajstić information content (AvgIpc) is 2.80. The number of rotatable bonds is 6. The molecule has 1 aromatic carbocycles. The highest BCUT2D eigenvalue weighted by Gasteiger charge is 2.22. The fourth-order valence-corrected chi connectivity index (χ4v) is 4.49. The highest BCUT2D eigenvalue weighted by atomic mass is 32.2. The van der Waals surface area contributed by atoms with Gasteiger partial charge in [0.2, 0.25) is 5.95 Å². The Kier molecular flexibility index (Phi) is 5.85. The Morgan fingerprint density at radius 1 is 1.00 bits per heavy atom. The van der Waals surface area contributed by atoms with Gasteiger partial charge in [0.05, 0.1) is 25.2 Å². The molecule has 11 heteroatoms. The number of pyridine rings is 1. The number of benzene rings is 1. The number of methoxy groups -OCH3 is 1. The Morgan fingerprint density at radius 3 is 2.35 bits per heavy atom. The number of sulfonamides is 1. The van der Waals surface area contributed by atoms with Crippen molar-refractivity contribution in [3.63, 3.8) is 0 Å². The molecule has 0 aliphatic carbocycles. The van der Waals surface area contributed by atoms with Crippen molar-refractivity contribution in [1.29, 1.82) is 0 Å². The van der Waals surface area contributed by atoms with Crippen LogP contribution >= 0.6 is 0 Å². The first-order chi connectivity index (χ1) is 15.0. The van der Waals surface area contributed by atoms with Crippen molar-refractivity contribution in [2.45, 2.75) is 4.90 Å². The van der Waals surface area contributed by atoms with Crippen LogP contribution < -0.4 is 19.3 Å². The second kappa shape index (κ2) is 8.72. The van der Waals surface area contributed by atoms with Gasteiger partial charge < -0.3 is 14.5 Å². The topological polar surface area (TPSA) is 101 Å². The number of nitrogens with one attached hydrogen (secondary N) is 1. The first-order valence-electron chi connectivity index (χ1n) is 9.55. The van der Waals surface area contributed by atoms with Crippen LogP contribution in [0.2, 0.25) is 0 Å². The lowest BCUT2D eigenvalue weighted by atomic mass is 10.3. The fraction of sp³-hybridized carbons (Fsp3) is 0.250. The van der Waals surface area contributed by atoms with Gasteiger partial charge >= 0.3 is 0 Å². The van der Waals surface area contributed by atoms with Gasteiger partial charge in [-0.2, -0.15) is 0 Å². The highest BCUT2D eigenvalue weighted by Crippen LogP contribution is 2.26. The molecule has 0 unspecified atom stereocenters. The maximum absolute atomic E-state index is 13.6. The second-order valence-electron chi connectivity index (χ2n) is 6.83. The van der Waals surface area contributed by atoms with Gasteiger partial charge in [0.15, 0.2) is 0 Å². The third-order valence-electron chi connectivity index (χ3n) is 4.84. The third kappa shape index (κ3) is 4.66. The molecule has 0 atom stereocenters. The molecule has 1 aliphatic rings. The standard InChI is InChI=1S/C20H21FN6O3S/c1-30-17-6-5-15(21)12-18(17)31(28,29)25-16-13-23-20(24-14-16)27-10-8-26(9-11-27)19-4-2-3-7-22-19/h2-7,12-14,25H,8-11H2,1H3. The number of halogens is 1. The van der Waals surface area contributed by atoms with Crippen LogP contribution in [0.1, 0.15) is 0 Å². The zero-order valence-electron chi connectivity index (χ0n) is 16.8. The van der Waals surface area contributed by atoms with Crippen LogP contribution in [-0.4, -0.2) is 56.7 Å². The molecule has 4 rings (SSSR count). The summed E-state index contributed by atoms with van der Waals surface area (Å²) >= 11 is 0. The van der Waals surface area contributed by atoms with E-state index in [0.717, 1.165) is 31.0 Å². The number of aromatic nitrogens is 3. The molecule has 1 aliphatic heterocycles. The lowest BCUT2D eigenvalue weighted by molar-refractivity contribution is 0.401. The molecule has 1 saturated heterocycles. The van der Waals surface area contributed by atoms with Crippen molar-refractivity contribution < 1.29 is 17.5 Å². The molecule has 162 valence electrons. The monoisotopic (exact) mass is 444 g/mol.